The van der Waals surface area contributed by atoms with E-state index in [1.807, 2.05) is 0 Å². The number of carbonyl (C=O) groups excluding carboxylic acids is 1. The van der Waals surface area contributed by atoms with Crippen LogP contribution in [0.4, 0.5) is 0 Å². The normalized spacial score (nSPS) is 27.3. The summed E-state index contributed by atoms with van der Waals surface area (Å²) >= 11 is 0. The molecule has 1 fully saturated rings. The molecule has 0 aromatic rings. The van der Waals surface area contributed by atoms with Gasteiger partial charge in [-0.3, -0.25) is 9.59 Å². The molecule has 3 N–H and O–H groups in total. The third kappa shape index (κ3) is 4.29. The fourth-order valence-corrected chi connectivity index (χ4v) is 2.20. The second kappa shape index (κ2) is 6.73. The minimum Gasteiger partial charge on any atom is -0.481 e. The number of aliphatic hydroxyl groups is 1. The molecule has 5 nitrogen and oxygen atoms in total. The van der Waals surface area contributed by atoms with Gasteiger partial charge in [0.05, 0.1) is 12.0 Å². The zero-order valence-corrected chi connectivity index (χ0v) is 11.1. The van der Waals surface area contributed by atoms with Gasteiger partial charge in [-0.25, -0.2) is 0 Å². The topological polar surface area (TPSA) is 86.6 Å². The van der Waals surface area contributed by atoms with E-state index < -0.39 is 17.8 Å². The summed E-state index contributed by atoms with van der Waals surface area (Å²) in [6.45, 7) is 3.77. The van der Waals surface area contributed by atoms with Crippen molar-refractivity contribution < 1.29 is 19.8 Å². The standard InChI is InChI=1S/C13H23NO4/c1-8(9(2)13(17)18)12(16)14-7-10-3-5-11(15)6-4-10/h8-11,15H,3-7H2,1-2H3,(H,14,16)(H,17,18). The number of hydrogen-bond donors (Lipinski definition) is 3. The number of carbonyl (C=O) groups is 2. The maximum Gasteiger partial charge on any atom is 0.307 e. The molecule has 1 rings (SSSR count). The van der Waals surface area contributed by atoms with Crippen LogP contribution in [-0.4, -0.2) is 34.7 Å². The quantitative estimate of drug-likeness (QED) is 0.686. The molecule has 2 atom stereocenters. The summed E-state index contributed by atoms with van der Waals surface area (Å²) in [7, 11) is 0. The fraction of sp³-hybridized carbons (Fsp3) is 0.846. The van der Waals surface area contributed by atoms with Crippen molar-refractivity contribution in [3.63, 3.8) is 0 Å². The average Bonchev–Trinajstić information content (AvgIpc) is 2.35. The number of amides is 1. The highest BCUT2D eigenvalue weighted by Gasteiger charge is 2.26. The Morgan fingerprint density at radius 3 is 2.22 bits per heavy atom. The van der Waals surface area contributed by atoms with Gasteiger partial charge in [0, 0.05) is 12.5 Å². The van der Waals surface area contributed by atoms with Crippen LogP contribution >= 0.6 is 0 Å². The highest BCUT2D eigenvalue weighted by molar-refractivity contribution is 5.84. The number of rotatable bonds is 5. The maximum atomic E-state index is 11.8. The minimum absolute atomic E-state index is 0.192. The van der Waals surface area contributed by atoms with Gasteiger partial charge in [0.15, 0.2) is 0 Å². The van der Waals surface area contributed by atoms with Gasteiger partial charge < -0.3 is 15.5 Å². The van der Waals surface area contributed by atoms with Crippen molar-refractivity contribution in [2.24, 2.45) is 17.8 Å². The number of carboxylic acid groups (broad SMARTS) is 1. The predicted molar refractivity (Wildman–Crippen MR) is 66.9 cm³/mol. The van der Waals surface area contributed by atoms with Crippen molar-refractivity contribution in [3.8, 4) is 0 Å². The van der Waals surface area contributed by atoms with Gasteiger partial charge >= 0.3 is 5.97 Å². The van der Waals surface area contributed by atoms with Crippen LogP contribution in [-0.2, 0) is 9.59 Å². The molecule has 0 spiro atoms. The molecule has 0 saturated heterocycles. The Morgan fingerprint density at radius 1 is 1.17 bits per heavy atom. The Morgan fingerprint density at radius 2 is 1.72 bits per heavy atom. The molecule has 18 heavy (non-hydrogen) atoms. The molecule has 0 heterocycles. The van der Waals surface area contributed by atoms with Crippen LogP contribution in [0.15, 0.2) is 0 Å². The van der Waals surface area contributed by atoms with Crippen molar-refractivity contribution >= 4 is 11.9 Å². The van der Waals surface area contributed by atoms with E-state index in [0.717, 1.165) is 25.7 Å². The summed E-state index contributed by atoms with van der Waals surface area (Å²) in [6, 6.07) is 0. The number of carboxylic acids is 1. The van der Waals surface area contributed by atoms with Gasteiger partial charge in [0.25, 0.3) is 0 Å². The Labute approximate surface area is 108 Å². The lowest BCUT2D eigenvalue weighted by Crippen LogP contribution is -2.38. The number of aliphatic carboxylic acids is 1. The zero-order valence-electron chi connectivity index (χ0n) is 11.1. The lowest BCUT2D eigenvalue weighted by atomic mass is 9.87. The van der Waals surface area contributed by atoms with Gasteiger partial charge in [0.2, 0.25) is 5.91 Å². The first-order valence-corrected chi connectivity index (χ1v) is 6.60. The zero-order chi connectivity index (χ0) is 13.7. The number of aliphatic hydroxyl groups excluding tert-OH is 1. The first-order valence-electron chi connectivity index (χ1n) is 6.60. The molecule has 1 saturated carbocycles. The monoisotopic (exact) mass is 257 g/mol. The molecule has 1 amide bonds. The molecule has 0 radical (unpaired) electrons. The average molecular weight is 257 g/mol. The van der Waals surface area contributed by atoms with Crippen LogP contribution in [0.3, 0.4) is 0 Å². The third-order valence-corrected chi connectivity index (χ3v) is 3.93. The first kappa shape index (κ1) is 15.0. The highest BCUT2D eigenvalue weighted by atomic mass is 16.4. The predicted octanol–water partition coefficient (Wildman–Crippen LogP) is 1.01. The second-order valence-corrected chi connectivity index (χ2v) is 5.34. The molecule has 0 aliphatic heterocycles. The fourth-order valence-electron chi connectivity index (χ4n) is 2.20. The lowest BCUT2D eigenvalue weighted by molar-refractivity contribution is -0.146. The smallest absolute Gasteiger partial charge is 0.307 e. The molecular weight excluding hydrogens is 234 g/mol. The van der Waals surface area contributed by atoms with E-state index in [1.165, 1.54) is 0 Å². The number of nitrogens with one attached hydrogen (secondary N) is 1. The van der Waals surface area contributed by atoms with Crippen molar-refractivity contribution in [3.05, 3.63) is 0 Å². The van der Waals surface area contributed by atoms with E-state index in [4.69, 9.17) is 5.11 Å². The van der Waals surface area contributed by atoms with Crippen LogP contribution in [0.2, 0.25) is 0 Å². The molecular formula is C13H23NO4. The number of hydrogen-bond acceptors (Lipinski definition) is 3. The second-order valence-electron chi connectivity index (χ2n) is 5.34. The third-order valence-electron chi connectivity index (χ3n) is 3.93. The Hall–Kier alpha value is -1.10. The molecule has 5 heteroatoms. The molecule has 0 aromatic heterocycles. The Kier molecular flexibility index (Phi) is 5.59. The van der Waals surface area contributed by atoms with Crippen LogP contribution < -0.4 is 5.32 Å². The van der Waals surface area contributed by atoms with E-state index in [0.29, 0.717) is 12.5 Å². The van der Waals surface area contributed by atoms with Crippen LogP contribution in [0.5, 0.6) is 0 Å². The van der Waals surface area contributed by atoms with Crippen molar-refractivity contribution in [1.29, 1.82) is 0 Å². The summed E-state index contributed by atoms with van der Waals surface area (Å²) in [5.41, 5.74) is 0. The summed E-state index contributed by atoms with van der Waals surface area (Å²) in [5.74, 6) is -1.92. The molecule has 0 bridgehead atoms. The van der Waals surface area contributed by atoms with Gasteiger partial charge in [-0.1, -0.05) is 13.8 Å². The van der Waals surface area contributed by atoms with Crippen molar-refractivity contribution in [2.45, 2.75) is 45.6 Å². The van der Waals surface area contributed by atoms with Gasteiger partial charge in [0.1, 0.15) is 0 Å². The summed E-state index contributed by atoms with van der Waals surface area (Å²) in [4.78, 5) is 22.6. The van der Waals surface area contributed by atoms with E-state index in [-0.39, 0.29) is 12.0 Å². The summed E-state index contributed by atoms with van der Waals surface area (Å²) < 4.78 is 0. The van der Waals surface area contributed by atoms with E-state index in [9.17, 15) is 14.7 Å². The maximum absolute atomic E-state index is 11.8. The van der Waals surface area contributed by atoms with Gasteiger partial charge in [-0.15, -0.1) is 0 Å². The lowest BCUT2D eigenvalue weighted by Gasteiger charge is -2.26. The summed E-state index contributed by atoms with van der Waals surface area (Å²) in [5, 5.41) is 21.0. The minimum atomic E-state index is -0.946. The van der Waals surface area contributed by atoms with Crippen LogP contribution in [0.25, 0.3) is 0 Å². The molecule has 1 aliphatic carbocycles. The van der Waals surface area contributed by atoms with Crippen LogP contribution in [0.1, 0.15) is 39.5 Å². The van der Waals surface area contributed by atoms with Crippen molar-refractivity contribution in [1.82, 2.24) is 5.32 Å². The van der Waals surface area contributed by atoms with Crippen molar-refractivity contribution in [2.75, 3.05) is 6.54 Å². The van der Waals surface area contributed by atoms with E-state index >= 15 is 0 Å². The van der Waals surface area contributed by atoms with Gasteiger partial charge in [-0.05, 0) is 31.6 Å². The van der Waals surface area contributed by atoms with Gasteiger partial charge in [-0.2, -0.15) is 0 Å². The summed E-state index contributed by atoms with van der Waals surface area (Å²) in [6.07, 6.45) is 3.24. The van der Waals surface area contributed by atoms with E-state index in [2.05, 4.69) is 5.32 Å². The highest BCUT2D eigenvalue weighted by Crippen LogP contribution is 2.23. The molecule has 2 unspecified atom stereocenters. The van der Waals surface area contributed by atoms with Crippen LogP contribution in [0, 0.1) is 17.8 Å². The first-order chi connectivity index (χ1) is 8.41. The Bertz CT molecular complexity index is 297. The van der Waals surface area contributed by atoms with E-state index in [1.54, 1.807) is 13.8 Å². The SMILES string of the molecule is CC(C(=O)O)C(C)C(=O)NCC1CCC(O)CC1. The largest absolute Gasteiger partial charge is 0.481 e. The molecule has 1 aliphatic rings. The molecule has 104 valence electrons. The molecule has 0 aromatic carbocycles. The Balaban J connectivity index is 2.30.